The number of amidine groups is 1. The van der Waals surface area contributed by atoms with E-state index >= 15 is 0 Å². The van der Waals surface area contributed by atoms with Crippen molar-refractivity contribution in [2.45, 2.75) is 26.8 Å². The number of carbonyl (C=O) groups excluding carboxylic acids is 1. The first-order valence-electron chi connectivity index (χ1n) is 6.89. The molecule has 0 bridgehead atoms. The first kappa shape index (κ1) is 14.1. The van der Waals surface area contributed by atoms with Gasteiger partial charge in [-0.1, -0.05) is 11.8 Å². The van der Waals surface area contributed by atoms with Gasteiger partial charge in [0.25, 0.3) is 5.91 Å². The average Bonchev–Trinajstić information content (AvgIpc) is 3.06. The van der Waals surface area contributed by atoms with Gasteiger partial charge < -0.3 is 5.32 Å². The summed E-state index contributed by atoms with van der Waals surface area (Å²) in [5.41, 5.74) is 2.15. The van der Waals surface area contributed by atoms with Crippen LogP contribution in [0.4, 0.5) is 0 Å². The summed E-state index contributed by atoms with van der Waals surface area (Å²) in [4.78, 5) is 21.2. The van der Waals surface area contributed by atoms with E-state index < -0.39 is 0 Å². The lowest BCUT2D eigenvalue weighted by Gasteiger charge is -2.09. The van der Waals surface area contributed by atoms with Crippen LogP contribution >= 0.6 is 11.8 Å². The van der Waals surface area contributed by atoms with Gasteiger partial charge in [0.05, 0.1) is 23.7 Å². The molecule has 1 aliphatic rings. The Kier molecular flexibility index (Phi) is 3.67. The molecule has 0 saturated heterocycles. The molecule has 0 aliphatic carbocycles. The quantitative estimate of drug-likeness (QED) is 0.922. The average molecular weight is 303 g/mol. The van der Waals surface area contributed by atoms with Crippen LogP contribution in [-0.4, -0.2) is 38.1 Å². The van der Waals surface area contributed by atoms with Gasteiger partial charge in [0.1, 0.15) is 0 Å². The fraction of sp³-hybridized carbons (Fsp3) is 0.429. The number of pyridine rings is 1. The number of aromatic nitrogens is 3. The largest absolute Gasteiger partial charge is 0.301 e. The van der Waals surface area contributed by atoms with Crippen molar-refractivity contribution in [3.63, 3.8) is 0 Å². The van der Waals surface area contributed by atoms with Crippen LogP contribution in [0.15, 0.2) is 17.3 Å². The maximum Gasteiger partial charge on any atom is 0.258 e. The zero-order chi connectivity index (χ0) is 15.0. The second-order valence-corrected chi connectivity index (χ2v) is 6.30. The summed E-state index contributed by atoms with van der Waals surface area (Å²) in [5.74, 6) is 0.771. The van der Waals surface area contributed by atoms with Crippen molar-refractivity contribution in [3.05, 3.63) is 23.5 Å². The number of amides is 1. The van der Waals surface area contributed by atoms with Gasteiger partial charge in [-0.05, 0) is 26.8 Å². The van der Waals surface area contributed by atoms with Gasteiger partial charge in [0, 0.05) is 17.5 Å². The Bertz CT molecular complexity index is 734. The molecule has 1 aliphatic heterocycles. The lowest BCUT2D eigenvalue weighted by molar-refractivity contribution is 0.0979. The number of hydrogen-bond acceptors (Lipinski definition) is 5. The molecular formula is C14H17N5OS. The third-order valence-electron chi connectivity index (χ3n) is 3.23. The molecule has 3 heterocycles. The van der Waals surface area contributed by atoms with E-state index in [1.54, 1.807) is 24.0 Å². The highest BCUT2D eigenvalue weighted by molar-refractivity contribution is 8.14. The van der Waals surface area contributed by atoms with E-state index in [1.807, 2.05) is 25.5 Å². The highest BCUT2D eigenvalue weighted by Crippen LogP contribution is 2.21. The number of aryl methyl sites for hydroxylation is 1. The molecule has 0 atom stereocenters. The summed E-state index contributed by atoms with van der Waals surface area (Å²) < 4.78 is 1.83. The third-order valence-corrected chi connectivity index (χ3v) is 4.13. The third kappa shape index (κ3) is 2.65. The molecule has 6 nitrogen and oxygen atoms in total. The van der Waals surface area contributed by atoms with Crippen molar-refractivity contribution in [1.29, 1.82) is 0 Å². The smallest absolute Gasteiger partial charge is 0.258 e. The molecule has 0 unspecified atom stereocenters. The van der Waals surface area contributed by atoms with E-state index in [9.17, 15) is 4.79 Å². The Labute approximate surface area is 127 Å². The number of carbonyl (C=O) groups is 1. The molecule has 1 amide bonds. The van der Waals surface area contributed by atoms with E-state index in [4.69, 9.17) is 0 Å². The molecule has 0 radical (unpaired) electrons. The van der Waals surface area contributed by atoms with Crippen molar-refractivity contribution < 1.29 is 4.79 Å². The normalized spacial score (nSPS) is 14.8. The minimum absolute atomic E-state index is 0.151. The van der Waals surface area contributed by atoms with Gasteiger partial charge >= 0.3 is 0 Å². The highest BCUT2D eigenvalue weighted by Gasteiger charge is 2.19. The van der Waals surface area contributed by atoms with Gasteiger partial charge in [0.2, 0.25) is 0 Å². The Balaban J connectivity index is 2.03. The molecule has 2 aromatic heterocycles. The van der Waals surface area contributed by atoms with Crippen LogP contribution in [-0.2, 0) is 0 Å². The van der Waals surface area contributed by atoms with Gasteiger partial charge in [0.15, 0.2) is 10.8 Å². The molecule has 21 heavy (non-hydrogen) atoms. The van der Waals surface area contributed by atoms with Crippen LogP contribution in [0.25, 0.3) is 11.0 Å². The maximum atomic E-state index is 12.5. The molecular weight excluding hydrogens is 286 g/mol. The number of hydrogen-bond donors (Lipinski definition) is 1. The summed E-state index contributed by atoms with van der Waals surface area (Å²) in [6.07, 6.45) is 1.71. The predicted molar refractivity (Wildman–Crippen MR) is 84.9 cm³/mol. The van der Waals surface area contributed by atoms with Crippen LogP contribution in [0.5, 0.6) is 0 Å². The van der Waals surface area contributed by atoms with Crippen LogP contribution in [0.1, 0.15) is 35.9 Å². The van der Waals surface area contributed by atoms with Crippen LogP contribution in [0, 0.1) is 6.92 Å². The minimum Gasteiger partial charge on any atom is -0.301 e. The first-order chi connectivity index (χ1) is 10.1. The van der Waals surface area contributed by atoms with E-state index in [0.717, 1.165) is 29.0 Å². The summed E-state index contributed by atoms with van der Waals surface area (Å²) in [7, 11) is 0. The zero-order valence-corrected chi connectivity index (χ0v) is 13.1. The van der Waals surface area contributed by atoms with E-state index in [2.05, 4.69) is 20.4 Å². The van der Waals surface area contributed by atoms with Crippen LogP contribution < -0.4 is 5.32 Å². The summed E-state index contributed by atoms with van der Waals surface area (Å²) in [5, 5.41) is 8.68. The fourth-order valence-electron chi connectivity index (χ4n) is 2.28. The minimum atomic E-state index is -0.151. The van der Waals surface area contributed by atoms with Gasteiger partial charge in [-0.15, -0.1) is 0 Å². The number of nitrogens with one attached hydrogen (secondary N) is 1. The number of aliphatic imine (C=N–C) groups is 1. The Hall–Kier alpha value is -1.89. The molecule has 0 fully saturated rings. The van der Waals surface area contributed by atoms with Crippen molar-refractivity contribution in [3.8, 4) is 0 Å². The predicted octanol–water partition coefficient (Wildman–Crippen LogP) is 2.15. The number of thioether (sulfide) groups is 1. The lowest BCUT2D eigenvalue weighted by atomic mass is 10.1. The van der Waals surface area contributed by atoms with Crippen molar-refractivity contribution in [2.24, 2.45) is 4.99 Å². The molecule has 0 saturated carbocycles. The molecule has 0 spiro atoms. The lowest BCUT2D eigenvalue weighted by Crippen LogP contribution is -2.27. The van der Waals surface area contributed by atoms with E-state index in [0.29, 0.717) is 10.7 Å². The number of rotatable bonds is 2. The van der Waals surface area contributed by atoms with E-state index in [1.165, 1.54) is 0 Å². The van der Waals surface area contributed by atoms with Gasteiger partial charge in [-0.2, -0.15) is 5.10 Å². The Morgan fingerprint density at radius 1 is 1.48 bits per heavy atom. The van der Waals surface area contributed by atoms with Crippen molar-refractivity contribution >= 4 is 33.9 Å². The highest BCUT2D eigenvalue weighted by atomic mass is 32.2. The van der Waals surface area contributed by atoms with Crippen LogP contribution in [0.2, 0.25) is 0 Å². The monoisotopic (exact) mass is 303 g/mol. The summed E-state index contributed by atoms with van der Waals surface area (Å²) in [6, 6.07) is 1.99. The first-order valence-corrected chi connectivity index (χ1v) is 7.88. The molecule has 1 N–H and O–H groups in total. The van der Waals surface area contributed by atoms with Crippen LogP contribution in [0.3, 0.4) is 0 Å². The zero-order valence-electron chi connectivity index (χ0n) is 12.3. The molecule has 3 rings (SSSR count). The Morgan fingerprint density at radius 2 is 2.29 bits per heavy atom. The number of fused-ring (bicyclic) bond motifs is 1. The van der Waals surface area contributed by atoms with Crippen molar-refractivity contribution in [2.75, 3.05) is 12.3 Å². The number of nitrogens with zero attached hydrogens (tertiary/aromatic N) is 4. The standard InChI is InChI=1S/C14H17N5OS/c1-8(2)19-12-11(7-16-19)10(6-9(3)17-12)13(20)18-14-15-4-5-21-14/h6-8H,4-5H2,1-3H3,(H,15,18,20). The summed E-state index contributed by atoms with van der Waals surface area (Å²) in [6.45, 7) is 6.73. The van der Waals surface area contributed by atoms with Gasteiger partial charge in [-0.25, -0.2) is 9.67 Å². The fourth-order valence-corrected chi connectivity index (χ4v) is 3.01. The SMILES string of the molecule is Cc1cc(C(=O)NC2=NCCS2)c2cnn(C(C)C)c2n1. The van der Waals surface area contributed by atoms with Gasteiger partial charge in [-0.3, -0.25) is 9.79 Å². The maximum absolute atomic E-state index is 12.5. The molecule has 110 valence electrons. The summed E-state index contributed by atoms with van der Waals surface area (Å²) >= 11 is 1.57. The van der Waals surface area contributed by atoms with E-state index in [-0.39, 0.29) is 11.9 Å². The second-order valence-electron chi connectivity index (χ2n) is 5.22. The molecule has 7 heteroatoms. The molecule has 2 aromatic rings. The van der Waals surface area contributed by atoms with Crippen molar-refractivity contribution in [1.82, 2.24) is 20.1 Å². The second kappa shape index (κ2) is 5.48. The Morgan fingerprint density at radius 3 is 2.95 bits per heavy atom. The molecule has 0 aromatic carbocycles. The topological polar surface area (TPSA) is 72.2 Å².